The number of alkyl halides is 3. The van der Waals surface area contributed by atoms with Crippen molar-refractivity contribution in [3.8, 4) is 5.75 Å². The van der Waals surface area contributed by atoms with Crippen molar-refractivity contribution in [2.45, 2.75) is 13.1 Å². The van der Waals surface area contributed by atoms with Crippen molar-refractivity contribution < 1.29 is 17.9 Å². The van der Waals surface area contributed by atoms with Gasteiger partial charge in [0.15, 0.2) is 0 Å². The second-order valence-corrected chi connectivity index (χ2v) is 4.24. The van der Waals surface area contributed by atoms with Crippen molar-refractivity contribution in [3.63, 3.8) is 0 Å². The van der Waals surface area contributed by atoms with Crippen LogP contribution in [0, 0.1) is 0 Å². The summed E-state index contributed by atoms with van der Waals surface area (Å²) >= 11 is 0. The molecule has 0 saturated heterocycles. The first kappa shape index (κ1) is 15.0. The molecule has 0 amide bonds. The molecule has 1 heterocycles. The van der Waals surface area contributed by atoms with Gasteiger partial charge in [-0.15, -0.1) is 0 Å². The molecule has 21 heavy (non-hydrogen) atoms. The second-order valence-electron chi connectivity index (χ2n) is 4.24. The number of benzene rings is 1. The fraction of sp³-hybridized carbons (Fsp3) is 0.214. The highest BCUT2D eigenvalue weighted by molar-refractivity contribution is 5.72. The lowest BCUT2D eigenvalue weighted by Crippen LogP contribution is -2.09. The number of ether oxygens (including phenoxy) is 1. The Morgan fingerprint density at radius 3 is 2.71 bits per heavy atom. The summed E-state index contributed by atoms with van der Waals surface area (Å²) in [5.41, 5.74) is 5.50. The topological polar surface area (TPSA) is 60.2 Å². The largest absolute Gasteiger partial charge is 0.494 e. The highest BCUT2D eigenvalue weighted by Gasteiger charge is 2.32. The van der Waals surface area contributed by atoms with Gasteiger partial charge < -0.3 is 15.8 Å². The van der Waals surface area contributed by atoms with Crippen LogP contribution in [-0.4, -0.2) is 11.6 Å². The SMILES string of the molecule is CCOc1cccc(Nc2cc(C(F)(F)F)ncc2N)c1. The number of pyridine rings is 1. The van der Waals surface area contributed by atoms with Gasteiger partial charge >= 0.3 is 6.18 Å². The molecule has 0 fully saturated rings. The highest BCUT2D eigenvalue weighted by atomic mass is 19.4. The third kappa shape index (κ3) is 3.77. The van der Waals surface area contributed by atoms with E-state index in [-0.39, 0.29) is 11.4 Å². The molecule has 4 nitrogen and oxygen atoms in total. The Hall–Kier alpha value is -2.44. The van der Waals surface area contributed by atoms with E-state index < -0.39 is 11.9 Å². The summed E-state index contributed by atoms with van der Waals surface area (Å²) in [6.07, 6.45) is -3.53. The number of nitrogen functional groups attached to an aromatic ring is 1. The van der Waals surface area contributed by atoms with Crippen molar-refractivity contribution >= 4 is 17.1 Å². The molecular weight excluding hydrogens is 283 g/mol. The van der Waals surface area contributed by atoms with Crippen molar-refractivity contribution in [3.05, 3.63) is 42.2 Å². The minimum atomic E-state index is -4.52. The minimum absolute atomic E-state index is 0.129. The smallest absolute Gasteiger partial charge is 0.433 e. The molecule has 0 radical (unpaired) electrons. The van der Waals surface area contributed by atoms with Gasteiger partial charge in [-0.2, -0.15) is 13.2 Å². The zero-order chi connectivity index (χ0) is 15.5. The van der Waals surface area contributed by atoms with Gasteiger partial charge in [0.25, 0.3) is 0 Å². The van der Waals surface area contributed by atoms with Gasteiger partial charge in [0.05, 0.1) is 24.2 Å². The van der Waals surface area contributed by atoms with Gasteiger partial charge in [0.2, 0.25) is 0 Å². The molecule has 1 aromatic carbocycles. The summed E-state index contributed by atoms with van der Waals surface area (Å²) in [6.45, 7) is 2.34. The number of aromatic nitrogens is 1. The molecule has 0 aliphatic heterocycles. The van der Waals surface area contributed by atoms with Crippen LogP contribution in [0.3, 0.4) is 0 Å². The van der Waals surface area contributed by atoms with E-state index >= 15 is 0 Å². The molecule has 7 heteroatoms. The quantitative estimate of drug-likeness (QED) is 0.900. The van der Waals surface area contributed by atoms with Crippen LogP contribution in [0.25, 0.3) is 0 Å². The Morgan fingerprint density at radius 1 is 1.29 bits per heavy atom. The van der Waals surface area contributed by atoms with Gasteiger partial charge in [-0.25, -0.2) is 4.98 Å². The zero-order valence-electron chi connectivity index (χ0n) is 11.2. The number of nitrogens with one attached hydrogen (secondary N) is 1. The van der Waals surface area contributed by atoms with E-state index in [1.807, 2.05) is 6.92 Å². The van der Waals surface area contributed by atoms with E-state index in [0.717, 1.165) is 12.3 Å². The summed E-state index contributed by atoms with van der Waals surface area (Å²) in [7, 11) is 0. The molecule has 2 aromatic rings. The summed E-state index contributed by atoms with van der Waals surface area (Å²) in [4.78, 5) is 3.28. The van der Waals surface area contributed by atoms with Crippen molar-refractivity contribution in [1.29, 1.82) is 0 Å². The Labute approximate surface area is 119 Å². The summed E-state index contributed by atoms with van der Waals surface area (Å²) < 4.78 is 43.3. The van der Waals surface area contributed by atoms with E-state index in [4.69, 9.17) is 10.5 Å². The third-order valence-electron chi connectivity index (χ3n) is 2.65. The lowest BCUT2D eigenvalue weighted by molar-refractivity contribution is -0.141. The van der Waals surface area contributed by atoms with Gasteiger partial charge in [-0.05, 0) is 25.1 Å². The van der Waals surface area contributed by atoms with Crippen LogP contribution in [0.4, 0.5) is 30.2 Å². The van der Waals surface area contributed by atoms with Crippen molar-refractivity contribution in [1.82, 2.24) is 4.98 Å². The number of nitrogens with zero attached hydrogens (tertiary/aromatic N) is 1. The number of hydrogen-bond acceptors (Lipinski definition) is 4. The summed E-state index contributed by atoms with van der Waals surface area (Å²) in [6, 6.07) is 7.75. The maximum Gasteiger partial charge on any atom is 0.433 e. The van der Waals surface area contributed by atoms with Crippen LogP contribution in [0.15, 0.2) is 36.5 Å². The van der Waals surface area contributed by atoms with Crippen LogP contribution in [-0.2, 0) is 6.18 Å². The van der Waals surface area contributed by atoms with Crippen molar-refractivity contribution in [2.24, 2.45) is 0 Å². The van der Waals surface area contributed by atoms with E-state index in [0.29, 0.717) is 18.0 Å². The molecule has 0 atom stereocenters. The Bertz CT molecular complexity index is 629. The number of nitrogens with two attached hydrogens (primary N) is 1. The average molecular weight is 297 g/mol. The predicted octanol–water partition coefficient (Wildman–Crippen LogP) is 3.82. The van der Waals surface area contributed by atoms with Gasteiger partial charge in [-0.1, -0.05) is 6.07 Å². The maximum absolute atomic E-state index is 12.7. The van der Waals surface area contributed by atoms with Gasteiger partial charge in [0.1, 0.15) is 11.4 Å². The van der Waals surface area contributed by atoms with Crippen LogP contribution in [0.1, 0.15) is 12.6 Å². The van der Waals surface area contributed by atoms with E-state index in [1.54, 1.807) is 24.3 Å². The molecule has 0 unspecified atom stereocenters. The first-order valence-electron chi connectivity index (χ1n) is 6.22. The summed E-state index contributed by atoms with van der Waals surface area (Å²) in [5, 5.41) is 2.84. The molecule has 2 rings (SSSR count). The van der Waals surface area contributed by atoms with E-state index in [9.17, 15) is 13.2 Å². The maximum atomic E-state index is 12.7. The van der Waals surface area contributed by atoms with Crippen LogP contribution in [0.2, 0.25) is 0 Å². The molecule has 0 saturated carbocycles. The third-order valence-corrected chi connectivity index (χ3v) is 2.65. The first-order chi connectivity index (χ1) is 9.90. The van der Waals surface area contributed by atoms with Gasteiger partial charge in [-0.3, -0.25) is 0 Å². The molecule has 0 aliphatic rings. The fourth-order valence-corrected chi connectivity index (χ4v) is 1.72. The van der Waals surface area contributed by atoms with Crippen molar-refractivity contribution in [2.75, 3.05) is 17.7 Å². The molecular formula is C14H14F3N3O. The Morgan fingerprint density at radius 2 is 2.05 bits per heavy atom. The number of rotatable bonds is 4. The Kier molecular flexibility index (Phi) is 4.21. The second kappa shape index (κ2) is 5.90. The lowest BCUT2D eigenvalue weighted by Gasteiger charge is -2.13. The minimum Gasteiger partial charge on any atom is -0.494 e. The molecule has 1 aromatic heterocycles. The molecule has 0 aliphatic carbocycles. The summed E-state index contributed by atoms with van der Waals surface area (Å²) in [5.74, 6) is 0.617. The average Bonchev–Trinajstić information content (AvgIpc) is 2.41. The normalized spacial score (nSPS) is 11.2. The van der Waals surface area contributed by atoms with Crippen LogP contribution in [0.5, 0.6) is 5.75 Å². The fourth-order valence-electron chi connectivity index (χ4n) is 1.72. The van der Waals surface area contributed by atoms with E-state index in [2.05, 4.69) is 10.3 Å². The lowest BCUT2D eigenvalue weighted by atomic mass is 10.2. The molecule has 0 spiro atoms. The Balaban J connectivity index is 2.28. The number of hydrogen-bond donors (Lipinski definition) is 2. The van der Waals surface area contributed by atoms with Gasteiger partial charge in [0, 0.05) is 11.8 Å². The standard InChI is InChI=1S/C14H14F3N3O/c1-2-21-10-5-3-4-9(6-10)20-12-7-13(14(15,16)17)19-8-11(12)18/h3-8H,2,18H2,1H3,(H,19,20). The van der Waals surface area contributed by atoms with Crippen LogP contribution < -0.4 is 15.8 Å². The highest BCUT2D eigenvalue weighted by Crippen LogP contribution is 2.32. The molecule has 112 valence electrons. The monoisotopic (exact) mass is 297 g/mol. The van der Waals surface area contributed by atoms with Crippen LogP contribution >= 0.6 is 0 Å². The molecule has 3 N–H and O–H groups in total. The predicted molar refractivity (Wildman–Crippen MR) is 74.5 cm³/mol. The van der Waals surface area contributed by atoms with E-state index in [1.165, 1.54) is 0 Å². The molecule has 0 bridgehead atoms. The first-order valence-corrected chi connectivity index (χ1v) is 6.22. The number of halogens is 3. The number of anilines is 3. The zero-order valence-corrected chi connectivity index (χ0v) is 11.2.